The largest absolute Gasteiger partial charge is 0.346 e. The second-order valence-corrected chi connectivity index (χ2v) is 6.06. The standard InChI is InChI=1S/C19H17FN6O2/c20-13-4-2-12(3-5-13)15-16(14-6-8-22-19(24-14)23-9-7-21)26-17(25-15)18-27-10-1-11-28-18/h2-6,8,18H,1,9-11H2,(H,25,26)(H,22,23,24). The van der Waals surface area contributed by atoms with Gasteiger partial charge in [0.05, 0.1) is 36.4 Å². The molecule has 1 aliphatic heterocycles. The van der Waals surface area contributed by atoms with Crippen molar-refractivity contribution >= 4 is 5.95 Å². The molecular formula is C19H17FN6O2. The Labute approximate surface area is 160 Å². The number of rotatable bonds is 5. The van der Waals surface area contributed by atoms with E-state index in [1.165, 1.54) is 12.1 Å². The van der Waals surface area contributed by atoms with Gasteiger partial charge in [-0.15, -0.1) is 0 Å². The molecule has 9 heteroatoms. The summed E-state index contributed by atoms with van der Waals surface area (Å²) in [4.78, 5) is 16.4. The first kappa shape index (κ1) is 18.0. The lowest BCUT2D eigenvalue weighted by Crippen LogP contribution is -2.18. The van der Waals surface area contributed by atoms with E-state index in [2.05, 4.69) is 25.3 Å². The summed E-state index contributed by atoms with van der Waals surface area (Å²) in [6.07, 6.45) is 1.82. The number of hydrogen-bond donors (Lipinski definition) is 2. The Hall–Kier alpha value is -3.35. The number of nitriles is 1. The molecule has 28 heavy (non-hydrogen) atoms. The Bertz CT molecular complexity index is 992. The first-order valence-corrected chi connectivity index (χ1v) is 8.78. The summed E-state index contributed by atoms with van der Waals surface area (Å²) in [5, 5.41) is 11.6. The second-order valence-electron chi connectivity index (χ2n) is 6.06. The van der Waals surface area contributed by atoms with Gasteiger partial charge in [0.2, 0.25) is 12.2 Å². The third-order valence-corrected chi connectivity index (χ3v) is 4.13. The zero-order valence-electron chi connectivity index (χ0n) is 14.9. The lowest BCUT2D eigenvalue weighted by atomic mass is 10.1. The molecule has 3 aromatic rings. The van der Waals surface area contributed by atoms with Crippen LogP contribution in [0.4, 0.5) is 10.3 Å². The number of halogens is 1. The van der Waals surface area contributed by atoms with E-state index < -0.39 is 6.29 Å². The number of aromatic amines is 1. The number of nitrogens with one attached hydrogen (secondary N) is 2. The van der Waals surface area contributed by atoms with Gasteiger partial charge in [-0.25, -0.2) is 19.3 Å². The zero-order valence-corrected chi connectivity index (χ0v) is 14.9. The first-order chi connectivity index (χ1) is 13.7. The molecule has 1 aromatic carbocycles. The summed E-state index contributed by atoms with van der Waals surface area (Å²) in [7, 11) is 0. The molecule has 2 aromatic heterocycles. The third kappa shape index (κ3) is 3.83. The van der Waals surface area contributed by atoms with Gasteiger partial charge >= 0.3 is 0 Å². The molecule has 1 fully saturated rings. The summed E-state index contributed by atoms with van der Waals surface area (Å²) in [5.41, 5.74) is 2.52. The molecule has 8 nitrogen and oxygen atoms in total. The maximum atomic E-state index is 13.4. The van der Waals surface area contributed by atoms with Crippen molar-refractivity contribution in [2.24, 2.45) is 0 Å². The van der Waals surface area contributed by atoms with Crippen LogP contribution < -0.4 is 5.32 Å². The highest BCUT2D eigenvalue weighted by molar-refractivity contribution is 5.77. The van der Waals surface area contributed by atoms with Crippen molar-refractivity contribution in [1.29, 1.82) is 5.26 Å². The van der Waals surface area contributed by atoms with Crippen molar-refractivity contribution in [3.05, 3.63) is 48.2 Å². The molecule has 0 saturated carbocycles. The Morgan fingerprint density at radius 3 is 2.71 bits per heavy atom. The van der Waals surface area contributed by atoms with Crippen LogP contribution in [0.1, 0.15) is 18.5 Å². The van der Waals surface area contributed by atoms with E-state index in [0.717, 1.165) is 12.0 Å². The highest BCUT2D eigenvalue weighted by Gasteiger charge is 2.24. The van der Waals surface area contributed by atoms with E-state index in [4.69, 9.17) is 14.7 Å². The van der Waals surface area contributed by atoms with Crippen molar-refractivity contribution < 1.29 is 13.9 Å². The normalized spacial score (nSPS) is 14.6. The summed E-state index contributed by atoms with van der Waals surface area (Å²) in [6, 6.07) is 9.76. The number of anilines is 1. The number of hydrogen-bond acceptors (Lipinski definition) is 7. The molecule has 3 heterocycles. The van der Waals surface area contributed by atoms with Gasteiger partial charge in [-0.1, -0.05) is 0 Å². The molecule has 0 radical (unpaired) electrons. The molecule has 0 unspecified atom stereocenters. The predicted molar refractivity (Wildman–Crippen MR) is 98.4 cm³/mol. The van der Waals surface area contributed by atoms with Gasteiger partial charge in [0.1, 0.15) is 12.4 Å². The van der Waals surface area contributed by atoms with E-state index in [9.17, 15) is 4.39 Å². The highest BCUT2D eigenvalue weighted by Crippen LogP contribution is 2.32. The van der Waals surface area contributed by atoms with Gasteiger partial charge in [-0.2, -0.15) is 5.26 Å². The molecule has 0 bridgehead atoms. The van der Waals surface area contributed by atoms with Crippen LogP contribution in [0.3, 0.4) is 0 Å². The minimum Gasteiger partial charge on any atom is -0.346 e. The van der Waals surface area contributed by atoms with E-state index in [1.807, 2.05) is 6.07 Å². The molecule has 142 valence electrons. The number of ether oxygens (including phenoxy) is 2. The highest BCUT2D eigenvalue weighted by atomic mass is 19.1. The number of nitrogens with zero attached hydrogens (tertiary/aromatic N) is 4. The Morgan fingerprint density at radius 2 is 1.96 bits per heavy atom. The first-order valence-electron chi connectivity index (χ1n) is 8.78. The minimum absolute atomic E-state index is 0.0895. The molecule has 1 saturated heterocycles. The maximum Gasteiger partial charge on any atom is 0.224 e. The molecule has 0 amide bonds. The van der Waals surface area contributed by atoms with Crippen LogP contribution in [0.25, 0.3) is 22.6 Å². The molecule has 1 aliphatic rings. The SMILES string of the molecule is N#CCNc1nccc(-c2[nH]c(C3OCCCO3)nc2-c2ccc(F)cc2)n1. The van der Waals surface area contributed by atoms with E-state index in [-0.39, 0.29) is 12.4 Å². The average molecular weight is 380 g/mol. The summed E-state index contributed by atoms with van der Waals surface area (Å²) in [6.45, 7) is 1.26. The maximum absolute atomic E-state index is 13.4. The lowest BCUT2D eigenvalue weighted by Gasteiger charge is -2.21. The van der Waals surface area contributed by atoms with Crippen LogP contribution in [0.2, 0.25) is 0 Å². The average Bonchev–Trinajstić information content (AvgIpc) is 3.19. The third-order valence-electron chi connectivity index (χ3n) is 4.13. The summed E-state index contributed by atoms with van der Waals surface area (Å²) >= 11 is 0. The molecule has 0 spiro atoms. The number of imidazole rings is 1. The predicted octanol–water partition coefficient (Wildman–Crippen LogP) is 3.04. The van der Waals surface area contributed by atoms with Crippen LogP contribution in [0.15, 0.2) is 36.5 Å². The molecule has 4 rings (SSSR count). The van der Waals surface area contributed by atoms with Crippen LogP contribution in [-0.2, 0) is 9.47 Å². The van der Waals surface area contributed by atoms with Crippen molar-refractivity contribution in [2.75, 3.05) is 25.1 Å². The topological polar surface area (TPSA) is 109 Å². The van der Waals surface area contributed by atoms with Gasteiger partial charge in [-0.05, 0) is 36.8 Å². The molecular weight excluding hydrogens is 363 g/mol. The number of aromatic nitrogens is 4. The van der Waals surface area contributed by atoms with Crippen LogP contribution in [0, 0.1) is 17.1 Å². The summed E-state index contributed by atoms with van der Waals surface area (Å²) < 4.78 is 24.7. The second kappa shape index (κ2) is 8.12. The monoisotopic (exact) mass is 380 g/mol. The van der Waals surface area contributed by atoms with Crippen molar-refractivity contribution in [3.63, 3.8) is 0 Å². The molecule has 0 atom stereocenters. The van der Waals surface area contributed by atoms with Gasteiger partial charge < -0.3 is 19.8 Å². The Kier molecular flexibility index (Phi) is 5.23. The Morgan fingerprint density at radius 1 is 1.18 bits per heavy atom. The fourth-order valence-corrected chi connectivity index (χ4v) is 2.85. The molecule has 2 N–H and O–H groups in total. The fourth-order valence-electron chi connectivity index (χ4n) is 2.85. The molecule has 0 aliphatic carbocycles. The quantitative estimate of drug-likeness (QED) is 0.655. The van der Waals surface area contributed by atoms with E-state index >= 15 is 0 Å². The van der Waals surface area contributed by atoms with Gasteiger partial charge in [0.25, 0.3) is 0 Å². The van der Waals surface area contributed by atoms with E-state index in [1.54, 1.807) is 24.4 Å². The van der Waals surface area contributed by atoms with Gasteiger partial charge in [0.15, 0.2) is 5.82 Å². The summed E-state index contributed by atoms with van der Waals surface area (Å²) in [5.74, 6) is 0.509. The van der Waals surface area contributed by atoms with Crippen LogP contribution in [-0.4, -0.2) is 39.7 Å². The smallest absolute Gasteiger partial charge is 0.224 e. The van der Waals surface area contributed by atoms with Crippen molar-refractivity contribution in [1.82, 2.24) is 19.9 Å². The van der Waals surface area contributed by atoms with Crippen LogP contribution in [0.5, 0.6) is 0 Å². The van der Waals surface area contributed by atoms with E-state index in [0.29, 0.717) is 42.1 Å². The van der Waals surface area contributed by atoms with Crippen molar-refractivity contribution in [3.8, 4) is 28.7 Å². The zero-order chi connectivity index (χ0) is 19.3. The number of H-pyrrole nitrogens is 1. The lowest BCUT2D eigenvalue weighted by molar-refractivity contribution is -0.186. The van der Waals surface area contributed by atoms with Crippen LogP contribution >= 0.6 is 0 Å². The van der Waals surface area contributed by atoms with Gasteiger partial charge in [-0.3, -0.25) is 0 Å². The number of benzene rings is 1. The Balaban J connectivity index is 1.77. The fraction of sp³-hybridized carbons (Fsp3) is 0.263. The van der Waals surface area contributed by atoms with Crippen molar-refractivity contribution in [2.45, 2.75) is 12.7 Å². The van der Waals surface area contributed by atoms with Gasteiger partial charge in [0, 0.05) is 11.8 Å². The minimum atomic E-state index is -0.597.